The molecule has 128 valence electrons. The first-order chi connectivity index (χ1) is 11.0. The topological polar surface area (TPSA) is 77.4 Å². The maximum Gasteiger partial charge on any atom is 0.141 e. The molecule has 0 aromatic carbocycles. The second-order valence-corrected chi connectivity index (χ2v) is 5.45. The summed E-state index contributed by atoms with van der Waals surface area (Å²) in [6.07, 6.45) is 5.19. The van der Waals surface area contributed by atoms with E-state index in [1.807, 2.05) is 12.2 Å². The molecule has 0 saturated heterocycles. The van der Waals surface area contributed by atoms with Gasteiger partial charge in [-0.1, -0.05) is 6.08 Å². The van der Waals surface area contributed by atoms with E-state index in [1.54, 1.807) is 19.3 Å². The van der Waals surface area contributed by atoms with Crippen molar-refractivity contribution in [3.63, 3.8) is 0 Å². The number of aliphatic hydroxyl groups is 2. The third-order valence-corrected chi connectivity index (χ3v) is 4.07. The molecule has 0 aromatic heterocycles. The van der Waals surface area contributed by atoms with Crippen LogP contribution >= 0.6 is 0 Å². The number of aliphatic hydroxyl groups excluding tert-OH is 2. The predicted molar refractivity (Wildman–Crippen MR) is 84.5 cm³/mol. The Bertz CT molecular complexity index is 545. The number of methoxy groups -OCH3 is 4. The van der Waals surface area contributed by atoms with Crippen molar-refractivity contribution in [1.29, 1.82) is 0 Å². The van der Waals surface area contributed by atoms with Crippen LogP contribution < -0.4 is 0 Å². The van der Waals surface area contributed by atoms with Crippen molar-refractivity contribution in [1.82, 2.24) is 0 Å². The molecule has 0 amide bonds. The summed E-state index contributed by atoms with van der Waals surface area (Å²) in [6, 6.07) is 0. The van der Waals surface area contributed by atoms with Crippen LogP contribution in [0.25, 0.3) is 0 Å². The van der Waals surface area contributed by atoms with Crippen LogP contribution in [0.3, 0.4) is 0 Å². The summed E-state index contributed by atoms with van der Waals surface area (Å²) in [5.41, 5.74) is 1.69. The Labute approximate surface area is 136 Å². The lowest BCUT2D eigenvalue weighted by molar-refractivity contribution is 0.00676. The van der Waals surface area contributed by atoms with Crippen LogP contribution in [-0.4, -0.2) is 63.6 Å². The van der Waals surface area contributed by atoms with Crippen LogP contribution in [0.5, 0.6) is 0 Å². The molecule has 2 aliphatic carbocycles. The third-order valence-electron chi connectivity index (χ3n) is 4.07. The van der Waals surface area contributed by atoms with Crippen molar-refractivity contribution in [3.8, 4) is 0 Å². The van der Waals surface area contributed by atoms with Crippen molar-refractivity contribution in [2.75, 3.05) is 35.0 Å². The van der Waals surface area contributed by atoms with Crippen LogP contribution in [0.2, 0.25) is 0 Å². The highest BCUT2D eigenvalue weighted by Gasteiger charge is 2.31. The van der Waals surface area contributed by atoms with Gasteiger partial charge in [0.1, 0.15) is 29.8 Å². The molecule has 0 radical (unpaired) electrons. The zero-order valence-corrected chi connectivity index (χ0v) is 13.9. The molecule has 0 aliphatic heterocycles. The quantitative estimate of drug-likeness (QED) is 0.757. The normalized spacial score (nSPS) is 30.9. The molecule has 6 nitrogen and oxygen atoms in total. The molecule has 4 atom stereocenters. The van der Waals surface area contributed by atoms with Crippen LogP contribution in [-0.2, 0) is 18.9 Å². The van der Waals surface area contributed by atoms with E-state index in [0.717, 1.165) is 11.1 Å². The van der Waals surface area contributed by atoms with Crippen LogP contribution in [0, 0.1) is 5.92 Å². The van der Waals surface area contributed by atoms with Gasteiger partial charge < -0.3 is 29.2 Å². The molecule has 2 rings (SSSR count). The summed E-state index contributed by atoms with van der Waals surface area (Å²) in [5, 5.41) is 20.4. The molecule has 2 aliphatic rings. The Morgan fingerprint density at radius 3 is 1.96 bits per heavy atom. The molecule has 0 saturated carbocycles. The summed E-state index contributed by atoms with van der Waals surface area (Å²) in [7, 11) is 6.15. The monoisotopic (exact) mass is 324 g/mol. The first kappa shape index (κ1) is 17.7. The fourth-order valence-electron chi connectivity index (χ4n) is 2.78. The maximum atomic E-state index is 10.3. The van der Waals surface area contributed by atoms with E-state index in [0.29, 0.717) is 18.1 Å². The molecule has 6 heteroatoms. The van der Waals surface area contributed by atoms with Crippen molar-refractivity contribution >= 4 is 0 Å². The van der Waals surface area contributed by atoms with Crippen molar-refractivity contribution < 1.29 is 29.2 Å². The van der Waals surface area contributed by atoms with Gasteiger partial charge in [-0.05, 0) is 29.4 Å². The molecule has 0 aromatic rings. The van der Waals surface area contributed by atoms with Crippen LogP contribution in [0.15, 0.2) is 47.0 Å². The number of allylic oxidation sites excluding steroid dienone is 4. The second kappa shape index (κ2) is 7.79. The van der Waals surface area contributed by atoms with E-state index in [-0.39, 0.29) is 5.92 Å². The molecule has 0 fully saturated rings. The molecule has 23 heavy (non-hydrogen) atoms. The highest BCUT2D eigenvalue weighted by molar-refractivity contribution is 5.52. The maximum absolute atomic E-state index is 10.3. The number of ether oxygens (including phenoxy) is 4. The number of hydrogen-bond acceptors (Lipinski definition) is 6. The van der Waals surface area contributed by atoms with Gasteiger partial charge in [-0.2, -0.15) is 0 Å². The smallest absolute Gasteiger partial charge is 0.141 e. The Morgan fingerprint density at radius 1 is 0.870 bits per heavy atom. The van der Waals surface area contributed by atoms with Gasteiger partial charge in [-0.25, -0.2) is 0 Å². The van der Waals surface area contributed by atoms with Gasteiger partial charge in [0.15, 0.2) is 0 Å². The minimum Gasteiger partial charge on any atom is -0.498 e. The predicted octanol–water partition coefficient (Wildman–Crippen LogP) is 0.926. The largest absolute Gasteiger partial charge is 0.498 e. The summed E-state index contributed by atoms with van der Waals surface area (Å²) >= 11 is 0. The van der Waals surface area contributed by atoms with Gasteiger partial charge in [-0.15, -0.1) is 0 Å². The van der Waals surface area contributed by atoms with E-state index >= 15 is 0 Å². The zero-order chi connectivity index (χ0) is 17.0. The Morgan fingerprint density at radius 2 is 1.43 bits per heavy atom. The zero-order valence-electron chi connectivity index (χ0n) is 13.9. The Balaban J connectivity index is 2.40. The summed E-state index contributed by atoms with van der Waals surface area (Å²) in [6.45, 7) is 0.371. The van der Waals surface area contributed by atoms with Crippen LogP contribution in [0.4, 0.5) is 0 Å². The molecule has 0 heterocycles. The fourth-order valence-corrected chi connectivity index (χ4v) is 2.78. The van der Waals surface area contributed by atoms with Gasteiger partial charge in [0.2, 0.25) is 0 Å². The minimum atomic E-state index is -0.843. The van der Waals surface area contributed by atoms with Gasteiger partial charge >= 0.3 is 0 Å². The van der Waals surface area contributed by atoms with Crippen molar-refractivity contribution in [2.24, 2.45) is 5.92 Å². The van der Waals surface area contributed by atoms with Gasteiger partial charge in [0, 0.05) is 20.1 Å². The summed E-state index contributed by atoms with van der Waals surface area (Å²) in [4.78, 5) is 0. The molecule has 0 spiro atoms. The highest BCUT2D eigenvalue weighted by Crippen LogP contribution is 2.32. The SMILES string of the molecule is COCC1C=C(C2=CC(OC)C(O)C(OC)=C2)C=C(OC)C1O. The molecular weight excluding hydrogens is 300 g/mol. The third kappa shape index (κ3) is 3.67. The van der Waals surface area contributed by atoms with Crippen molar-refractivity contribution in [3.05, 3.63) is 47.0 Å². The van der Waals surface area contributed by atoms with E-state index in [9.17, 15) is 10.2 Å². The lowest BCUT2D eigenvalue weighted by Crippen LogP contribution is -2.32. The second-order valence-electron chi connectivity index (χ2n) is 5.45. The van der Waals surface area contributed by atoms with Gasteiger partial charge in [-0.3, -0.25) is 0 Å². The summed E-state index contributed by atoms with van der Waals surface area (Å²) in [5.74, 6) is 0.679. The van der Waals surface area contributed by atoms with Crippen molar-refractivity contribution in [2.45, 2.75) is 18.3 Å². The lowest BCUT2D eigenvalue weighted by atomic mass is 9.86. The average Bonchev–Trinajstić information content (AvgIpc) is 2.57. The van der Waals surface area contributed by atoms with E-state index in [1.165, 1.54) is 21.3 Å². The first-order valence-electron chi connectivity index (χ1n) is 7.38. The Kier molecular flexibility index (Phi) is 6.01. The standard InChI is InChI=1S/C17H24O6/c1-20-9-12-5-10(6-13(21-2)16(12)18)11-7-14(22-3)17(19)15(8-11)23-4/h5-8,12,14,16-19H,9H2,1-4H3. The summed E-state index contributed by atoms with van der Waals surface area (Å²) < 4.78 is 21.0. The molecule has 4 unspecified atom stereocenters. The van der Waals surface area contributed by atoms with E-state index < -0.39 is 18.3 Å². The van der Waals surface area contributed by atoms with Gasteiger partial charge in [0.25, 0.3) is 0 Å². The fraction of sp³-hybridized carbons (Fsp3) is 0.529. The lowest BCUT2D eigenvalue weighted by Gasteiger charge is -2.29. The highest BCUT2D eigenvalue weighted by atomic mass is 16.5. The average molecular weight is 324 g/mol. The van der Waals surface area contributed by atoms with E-state index in [4.69, 9.17) is 18.9 Å². The van der Waals surface area contributed by atoms with E-state index in [2.05, 4.69) is 0 Å². The molecule has 2 N–H and O–H groups in total. The number of hydrogen-bond donors (Lipinski definition) is 2. The Hall–Kier alpha value is -1.60. The van der Waals surface area contributed by atoms with Gasteiger partial charge in [0.05, 0.1) is 20.8 Å². The molecular formula is C17H24O6. The molecule has 0 bridgehead atoms. The van der Waals surface area contributed by atoms with Crippen LogP contribution in [0.1, 0.15) is 0 Å². The number of rotatable bonds is 6. The minimum absolute atomic E-state index is 0.219. The first-order valence-corrected chi connectivity index (χ1v) is 7.38.